The first-order valence-corrected chi connectivity index (χ1v) is 9.35. The van der Waals surface area contributed by atoms with Crippen LogP contribution in [0.2, 0.25) is 0 Å². The molecule has 0 aliphatic carbocycles. The van der Waals surface area contributed by atoms with Crippen molar-refractivity contribution in [2.45, 2.75) is 32.9 Å². The van der Waals surface area contributed by atoms with Crippen molar-refractivity contribution in [2.75, 3.05) is 19.8 Å². The molecule has 2 aromatic carbocycles. The predicted molar refractivity (Wildman–Crippen MR) is 106 cm³/mol. The summed E-state index contributed by atoms with van der Waals surface area (Å²) in [5.74, 6) is -0.319. The van der Waals surface area contributed by atoms with Gasteiger partial charge in [0.1, 0.15) is 6.04 Å². The maximum absolute atomic E-state index is 13.0. The molecule has 2 amide bonds. The molecule has 0 bridgehead atoms. The van der Waals surface area contributed by atoms with Crippen LogP contribution in [0.4, 0.5) is 0 Å². The molecule has 0 aliphatic rings. The Balaban J connectivity index is 2.19. The second-order valence-corrected chi connectivity index (χ2v) is 6.29. The third-order valence-electron chi connectivity index (χ3n) is 4.24. The number of nitrogens with one attached hydrogen (secondary N) is 1. The zero-order valence-electron chi connectivity index (χ0n) is 16.1. The summed E-state index contributed by atoms with van der Waals surface area (Å²) in [4.78, 5) is 27.0. The van der Waals surface area contributed by atoms with Gasteiger partial charge in [-0.15, -0.1) is 0 Å². The van der Waals surface area contributed by atoms with E-state index in [9.17, 15) is 9.59 Å². The molecule has 0 heterocycles. The number of benzene rings is 2. The van der Waals surface area contributed by atoms with E-state index >= 15 is 0 Å². The fourth-order valence-electron chi connectivity index (χ4n) is 2.90. The molecular weight excluding hydrogens is 340 g/mol. The van der Waals surface area contributed by atoms with E-state index in [1.165, 1.54) is 6.92 Å². The fraction of sp³-hybridized carbons (Fsp3) is 0.364. The molecule has 0 aliphatic heterocycles. The van der Waals surface area contributed by atoms with E-state index in [0.717, 1.165) is 17.5 Å². The number of amides is 2. The molecule has 5 nitrogen and oxygen atoms in total. The number of hydrogen-bond acceptors (Lipinski definition) is 3. The number of hydrogen-bond donors (Lipinski definition) is 1. The van der Waals surface area contributed by atoms with Gasteiger partial charge in [0.05, 0.1) is 0 Å². The van der Waals surface area contributed by atoms with Crippen molar-refractivity contribution in [3.8, 4) is 0 Å². The molecule has 27 heavy (non-hydrogen) atoms. The number of rotatable bonds is 10. The highest BCUT2D eigenvalue weighted by molar-refractivity contribution is 5.88. The van der Waals surface area contributed by atoms with Gasteiger partial charge in [0, 0.05) is 33.2 Å². The topological polar surface area (TPSA) is 58.6 Å². The summed E-state index contributed by atoms with van der Waals surface area (Å²) in [6, 6.07) is 18.5. The summed E-state index contributed by atoms with van der Waals surface area (Å²) in [6.45, 7) is 5.60. The molecule has 2 rings (SSSR count). The normalized spacial score (nSPS) is 11.6. The summed E-state index contributed by atoms with van der Waals surface area (Å²) in [7, 11) is 0. The lowest BCUT2D eigenvalue weighted by molar-refractivity contribution is -0.140. The van der Waals surface area contributed by atoms with Crippen LogP contribution in [0.1, 0.15) is 37.4 Å². The van der Waals surface area contributed by atoms with E-state index < -0.39 is 6.04 Å². The van der Waals surface area contributed by atoms with Crippen LogP contribution in [-0.4, -0.2) is 36.5 Å². The Morgan fingerprint density at radius 2 is 1.67 bits per heavy atom. The Kier molecular flexibility index (Phi) is 8.52. The lowest BCUT2D eigenvalue weighted by atomic mass is 10.0. The zero-order valence-corrected chi connectivity index (χ0v) is 16.1. The van der Waals surface area contributed by atoms with Crippen molar-refractivity contribution in [3.05, 3.63) is 71.8 Å². The third kappa shape index (κ3) is 6.53. The van der Waals surface area contributed by atoms with E-state index in [1.807, 2.05) is 67.6 Å². The zero-order chi connectivity index (χ0) is 19.5. The molecule has 1 N–H and O–H groups in total. The van der Waals surface area contributed by atoms with Crippen LogP contribution in [0.3, 0.4) is 0 Å². The van der Waals surface area contributed by atoms with Gasteiger partial charge in [0.2, 0.25) is 11.8 Å². The Hall–Kier alpha value is -2.66. The maximum atomic E-state index is 13.0. The second-order valence-electron chi connectivity index (χ2n) is 6.29. The van der Waals surface area contributed by atoms with Gasteiger partial charge >= 0.3 is 0 Å². The van der Waals surface area contributed by atoms with Gasteiger partial charge in [0.15, 0.2) is 0 Å². The van der Waals surface area contributed by atoms with Crippen molar-refractivity contribution in [2.24, 2.45) is 0 Å². The van der Waals surface area contributed by atoms with Gasteiger partial charge < -0.3 is 15.0 Å². The third-order valence-corrected chi connectivity index (χ3v) is 4.24. The molecule has 0 radical (unpaired) electrons. The predicted octanol–water partition coefficient (Wildman–Crippen LogP) is 3.32. The van der Waals surface area contributed by atoms with E-state index in [1.54, 1.807) is 4.90 Å². The summed E-state index contributed by atoms with van der Waals surface area (Å²) >= 11 is 0. The summed E-state index contributed by atoms with van der Waals surface area (Å²) in [6.07, 6.45) is 0.736. The minimum Gasteiger partial charge on any atom is -0.382 e. The summed E-state index contributed by atoms with van der Waals surface area (Å²) in [5.41, 5.74) is 1.78. The van der Waals surface area contributed by atoms with Gasteiger partial charge in [-0.05, 0) is 24.5 Å². The second kappa shape index (κ2) is 11.1. The molecule has 0 aromatic heterocycles. The van der Waals surface area contributed by atoms with Crippen LogP contribution in [0.15, 0.2) is 60.7 Å². The number of ether oxygens (including phenoxy) is 1. The maximum Gasteiger partial charge on any atom is 0.247 e. The minimum absolute atomic E-state index is 0.142. The highest BCUT2D eigenvalue weighted by Crippen LogP contribution is 2.23. The monoisotopic (exact) mass is 368 g/mol. The number of carbonyl (C=O) groups is 2. The molecule has 0 spiro atoms. The standard InChI is InChI=1S/C22H28N2O3/c1-3-27-16-10-15-23-22(26)21(20-13-8-5-9-14-20)24(18(2)25)17-19-11-6-4-7-12-19/h4-9,11-14,21H,3,10,15-17H2,1-2H3,(H,23,26)/t21-/m1/s1. The average molecular weight is 368 g/mol. The first kappa shape index (κ1) is 20.6. The molecule has 0 saturated carbocycles. The first-order valence-electron chi connectivity index (χ1n) is 9.35. The molecular formula is C22H28N2O3. The number of nitrogens with zero attached hydrogens (tertiary/aromatic N) is 1. The summed E-state index contributed by atoms with van der Waals surface area (Å²) in [5, 5.41) is 2.95. The van der Waals surface area contributed by atoms with Gasteiger partial charge in [0.25, 0.3) is 0 Å². The molecule has 144 valence electrons. The largest absolute Gasteiger partial charge is 0.382 e. The molecule has 5 heteroatoms. The van der Waals surface area contributed by atoms with Gasteiger partial charge in [-0.1, -0.05) is 60.7 Å². The Morgan fingerprint density at radius 3 is 2.26 bits per heavy atom. The van der Waals surface area contributed by atoms with Gasteiger partial charge in [-0.25, -0.2) is 0 Å². The SMILES string of the molecule is CCOCCCNC(=O)[C@@H](c1ccccc1)N(Cc1ccccc1)C(C)=O. The van der Waals surface area contributed by atoms with E-state index in [2.05, 4.69) is 5.32 Å². The van der Waals surface area contributed by atoms with E-state index in [0.29, 0.717) is 26.3 Å². The minimum atomic E-state index is -0.670. The van der Waals surface area contributed by atoms with Crippen LogP contribution in [0, 0.1) is 0 Å². The van der Waals surface area contributed by atoms with Crippen molar-refractivity contribution in [3.63, 3.8) is 0 Å². The first-order chi connectivity index (χ1) is 13.1. The molecule has 0 fully saturated rings. The van der Waals surface area contributed by atoms with Gasteiger partial charge in [-0.2, -0.15) is 0 Å². The van der Waals surface area contributed by atoms with Gasteiger partial charge in [-0.3, -0.25) is 9.59 Å². The van der Waals surface area contributed by atoms with Crippen LogP contribution < -0.4 is 5.32 Å². The fourth-order valence-corrected chi connectivity index (χ4v) is 2.90. The molecule has 0 unspecified atom stereocenters. The molecule has 2 aromatic rings. The average Bonchev–Trinajstić information content (AvgIpc) is 2.69. The number of carbonyl (C=O) groups excluding carboxylic acids is 2. The summed E-state index contributed by atoms with van der Waals surface area (Å²) < 4.78 is 5.31. The quantitative estimate of drug-likeness (QED) is 0.655. The van der Waals surface area contributed by atoms with Crippen molar-refractivity contribution < 1.29 is 14.3 Å². The Bertz CT molecular complexity index is 704. The highest BCUT2D eigenvalue weighted by Gasteiger charge is 2.29. The van der Waals surface area contributed by atoms with E-state index in [4.69, 9.17) is 4.74 Å². The smallest absolute Gasteiger partial charge is 0.247 e. The Labute approximate surface area is 161 Å². The van der Waals surface area contributed by atoms with Crippen LogP contribution in [0.25, 0.3) is 0 Å². The van der Waals surface area contributed by atoms with Crippen molar-refractivity contribution in [1.82, 2.24) is 10.2 Å². The van der Waals surface area contributed by atoms with Crippen LogP contribution in [-0.2, 0) is 20.9 Å². The van der Waals surface area contributed by atoms with Crippen LogP contribution >= 0.6 is 0 Å². The van der Waals surface area contributed by atoms with E-state index in [-0.39, 0.29) is 11.8 Å². The molecule has 0 saturated heterocycles. The highest BCUT2D eigenvalue weighted by atomic mass is 16.5. The lowest BCUT2D eigenvalue weighted by Crippen LogP contribution is -2.43. The Morgan fingerprint density at radius 1 is 1.04 bits per heavy atom. The molecule has 1 atom stereocenters. The lowest BCUT2D eigenvalue weighted by Gasteiger charge is -2.30. The van der Waals surface area contributed by atoms with Crippen LogP contribution in [0.5, 0.6) is 0 Å². The van der Waals surface area contributed by atoms with Crippen molar-refractivity contribution in [1.29, 1.82) is 0 Å². The van der Waals surface area contributed by atoms with Crippen molar-refractivity contribution >= 4 is 11.8 Å².